The van der Waals surface area contributed by atoms with Gasteiger partial charge in [0.2, 0.25) is 0 Å². The van der Waals surface area contributed by atoms with Crippen LogP contribution in [0.25, 0.3) is 10.8 Å². The van der Waals surface area contributed by atoms with Crippen molar-refractivity contribution >= 4 is 39.8 Å². The second kappa shape index (κ2) is 7.15. The van der Waals surface area contributed by atoms with Gasteiger partial charge in [-0.05, 0) is 41.1 Å². The van der Waals surface area contributed by atoms with Crippen LogP contribution in [0.1, 0.15) is 11.7 Å². The van der Waals surface area contributed by atoms with E-state index in [1.54, 1.807) is 22.1 Å². The molecule has 29 heavy (non-hydrogen) atoms. The molecule has 5 heteroatoms. The van der Waals surface area contributed by atoms with Crippen molar-refractivity contribution in [1.82, 2.24) is 0 Å². The molecular formula is C24H17ClN2O2. The molecule has 1 heterocycles. The van der Waals surface area contributed by atoms with E-state index in [0.29, 0.717) is 10.7 Å². The molecule has 0 saturated carbocycles. The summed E-state index contributed by atoms with van der Waals surface area (Å²) in [5.74, 6) is 0. The lowest BCUT2D eigenvalue weighted by Crippen LogP contribution is -2.32. The minimum absolute atomic E-state index is 0.450. The predicted octanol–water partition coefficient (Wildman–Crippen LogP) is 6.57. The van der Waals surface area contributed by atoms with Gasteiger partial charge in [0.05, 0.1) is 11.4 Å². The highest BCUT2D eigenvalue weighted by Crippen LogP contribution is 2.42. The van der Waals surface area contributed by atoms with E-state index in [0.717, 1.165) is 22.0 Å². The summed E-state index contributed by atoms with van der Waals surface area (Å²) in [6.07, 6.45) is -0.927. The quantitative estimate of drug-likeness (QED) is 0.390. The molecule has 1 atom stereocenters. The number of carbonyl (C=O) groups is 1. The summed E-state index contributed by atoms with van der Waals surface area (Å²) in [6, 6.07) is 31.1. The molecule has 0 radical (unpaired) electrons. The molecule has 0 spiro atoms. The molecule has 5 rings (SSSR count). The Bertz CT molecular complexity index is 1190. The Morgan fingerprint density at radius 3 is 2.28 bits per heavy atom. The van der Waals surface area contributed by atoms with Crippen LogP contribution in [-0.2, 0) is 4.84 Å². The number of amides is 1. The third kappa shape index (κ3) is 3.08. The maximum Gasteiger partial charge on any atom is 0.440 e. The van der Waals surface area contributed by atoms with Gasteiger partial charge in [0.15, 0.2) is 6.17 Å². The highest BCUT2D eigenvalue weighted by Gasteiger charge is 2.43. The molecule has 1 aliphatic rings. The molecule has 0 aromatic heterocycles. The van der Waals surface area contributed by atoms with Crippen LogP contribution >= 0.6 is 11.6 Å². The van der Waals surface area contributed by atoms with Gasteiger partial charge in [0, 0.05) is 10.6 Å². The van der Waals surface area contributed by atoms with Gasteiger partial charge in [0.1, 0.15) is 0 Å². The van der Waals surface area contributed by atoms with Gasteiger partial charge in [-0.25, -0.2) is 9.69 Å². The van der Waals surface area contributed by atoms with E-state index in [4.69, 9.17) is 16.4 Å². The highest BCUT2D eigenvalue weighted by atomic mass is 35.5. The molecule has 4 aromatic rings. The van der Waals surface area contributed by atoms with Crippen LogP contribution in [0.15, 0.2) is 97.1 Å². The second-order valence-corrected chi connectivity index (χ2v) is 7.25. The monoisotopic (exact) mass is 400 g/mol. The number of fused-ring (bicyclic) bond motifs is 1. The molecule has 1 aliphatic heterocycles. The maximum absolute atomic E-state index is 13.0. The Kier molecular flexibility index (Phi) is 4.34. The molecule has 0 aliphatic carbocycles. The maximum atomic E-state index is 13.0. The Hall–Kier alpha value is -3.50. The first-order valence-corrected chi connectivity index (χ1v) is 9.69. The van der Waals surface area contributed by atoms with Crippen LogP contribution in [0, 0.1) is 0 Å². The molecule has 0 unspecified atom stereocenters. The summed E-state index contributed by atoms with van der Waals surface area (Å²) < 4.78 is 0. The van der Waals surface area contributed by atoms with Gasteiger partial charge in [-0.2, -0.15) is 5.06 Å². The average Bonchev–Trinajstić information content (AvgIpc) is 3.11. The summed E-state index contributed by atoms with van der Waals surface area (Å²) >= 11 is 6.22. The van der Waals surface area contributed by atoms with E-state index in [1.807, 2.05) is 66.7 Å². The van der Waals surface area contributed by atoms with Crippen molar-refractivity contribution in [3.63, 3.8) is 0 Å². The van der Waals surface area contributed by atoms with Crippen LogP contribution in [0.4, 0.5) is 16.2 Å². The number of halogens is 1. The normalized spacial score (nSPS) is 16.3. The second-order valence-electron chi connectivity index (χ2n) is 6.81. The van der Waals surface area contributed by atoms with Crippen LogP contribution in [0.3, 0.4) is 0 Å². The fraction of sp³-hybridized carbons (Fsp3) is 0.0417. The predicted molar refractivity (Wildman–Crippen MR) is 116 cm³/mol. The van der Waals surface area contributed by atoms with Crippen molar-refractivity contribution < 1.29 is 9.63 Å². The first-order chi connectivity index (χ1) is 14.2. The number of hydroxylamine groups is 1. The molecule has 1 saturated heterocycles. The van der Waals surface area contributed by atoms with Gasteiger partial charge in [-0.1, -0.05) is 78.3 Å². The number of anilines is 2. The Balaban J connectivity index is 1.73. The molecule has 1 fully saturated rings. The Morgan fingerprint density at radius 2 is 1.45 bits per heavy atom. The van der Waals surface area contributed by atoms with Crippen LogP contribution < -0.4 is 9.96 Å². The smallest absolute Gasteiger partial charge is 0.319 e. The molecular weight excluding hydrogens is 384 g/mol. The first kappa shape index (κ1) is 17.6. The molecule has 142 valence electrons. The SMILES string of the molecule is O=C1ON(c2ccccc2)[C@H](c2cccc3ccccc23)N1c1cccc(Cl)c1. The average molecular weight is 401 g/mol. The van der Waals surface area contributed by atoms with Crippen LogP contribution in [0.5, 0.6) is 0 Å². The summed E-state index contributed by atoms with van der Waals surface area (Å²) in [5, 5.41) is 4.38. The molecule has 0 bridgehead atoms. The summed E-state index contributed by atoms with van der Waals surface area (Å²) in [5.41, 5.74) is 2.44. The summed E-state index contributed by atoms with van der Waals surface area (Å²) in [6.45, 7) is 0. The number of benzene rings is 4. The topological polar surface area (TPSA) is 32.8 Å². The molecule has 1 amide bonds. The summed E-state index contributed by atoms with van der Waals surface area (Å²) in [4.78, 5) is 20.4. The number of para-hydroxylation sites is 1. The van der Waals surface area contributed by atoms with Gasteiger partial charge < -0.3 is 4.84 Å². The standard InChI is InChI=1S/C24H17ClN2O2/c25-18-10-7-13-20(16-18)26-23(22-15-6-9-17-8-4-5-14-21(17)22)27(29-24(26)28)19-11-2-1-3-12-19/h1-16,23H/t23-/m1/s1. The number of rotatable bonds is 3. The number of hydrogen-bond acceptors (Lipinski definition) is 3. The minimum Gasteiger partial charge on any atom is -0.319 e. The lowest BCUT2D eigenvalue weighted by atomic mass is 10.0. The Morgan fingerprint density at radius 1 is 0.759 bits per heavy atom. The lowest BCUT2D eigenvalue weighted by molar-refractivity contribution is 0.164. The van der Waals surface area contributed by atoms with Crippen molar-refractivity contribution in [2.75, 3.05) is 9.96 Å². The van der Waals surface area contributed by atoms with Crippen molar-refractivity contribution in [3.8, 4) is 0 Å². The largest absolute Gasteiger partial charge is 0.440 e. The fourth-order valence-corrected chi connectivity index (χ4v) is 3.95. The molecule has 4 nitrogen and oxygen atoms in total. The van der Waals surface area contributed by atoms with E-state index < -0.39 is 12.3 Å². The first-order valence-electron chi connectivity index (χ1n) is 9.31. The fourth-order valence-electron chi connectivity index (χ4n) is 3.77. The van der Waals surface area contributed by atoms with E-state index in [2.05, 4.69) is 18.2 Å². The van der Waals surface area contributed by atoms with Crippen molar-refractivity contribution in [2.24, 2.45) is 0 Å². The minimum atomic E-state index is -0.477. The van der Waals surface area contributed by atoms with Crippen molar-refractivity contribution in [2.45, 2.75) is 6.17 Å². The lowest BCUT2D eigenvalue weighted by Gasteiger charge is -2.28. The zero-order valence-corrected chi connectivity index (χ0v) is 16.2. The van der Waals surface area contributed by atoms with E-state index in [-0.39, 0.29) is 0 Å². The number of hydrogen-bond donors (Lipinski definition) is 0. The van der Waals surface area contributed by atoms with E-state index in [1.165, 1.54) is 0 Å². The van der Waals surface area contributed by atoms with Gasteiger partial charge in [-0.15, -0.1) is 0 Å². The van der Waals surface area contributed by atoms with Gasteiger partial charge >= 0.3 is 6.09 Å². The summed E-state index contributed by atoms with van der Waals surface area (Å²) in [7, 11) is 0. The van der Waals surface area contributed by atoms with E-state index in [9.17, 15) is 4.79 Å². The highest BCUT2D eigenvalue weighted by molar-refractivity contribution is 6.30. The molecule has 4 aromatic carbocycles. The van der Waals surface area contributed by atoms with Gasteiger partial charge in [0.25, 0.3) is 0 Å². The zero-order valence-electron chi connectivity index (χ0n) is 15.4. The van der Waals surface area contributed by atoms with Crippen molar-refractivity contribution in [1.29, 1.82) is 0 Å². The van der Waals surface area contributed by atoms with Crippen LogP contribution in [-0.4, -0.2) is 6.09 Å². The van der Waals surface area contributed by atoms with Crippen LogP contribution in [0.2, 0.25) is 5.02 Å². The number of carbonyl (C=O) groups excluding carboxylic acids is 1. The number of nitrogens with zero attached hydrogens (tertiary/aromatic N) is 2. The van der Waals surface area contributed by atoms with E-state index >= 15 is 0 Å². The van der Waals surface area contributed by atoms with Gasteiger partial charge in [-0.3, -0.25) is 0 Å². The molecule has 0 N–H and O–H groups in total. The third-order valence-electron chi connectivity index (χ3n) is 5.04. The zero-order chi connectivity index (χ0) is 19.8. The van der Waals surface area contributed by atoms with Crippen molar-refractivity contribution in [3.05, 3.63) is 108 Å². The Labute approximate surface area is 173 Å². The third-order valence-corrected chi connectivity index (χ3v) is 5.27.